The van der Waals surface area contributed by atoms with Crippen molar-refractivity contribution < 1.29 is 14.3 Å². The number of aryl methyl sites for hydroxylation is 1. The summed E-state index contributed by atoms with van der Waals surface area (Å²) in [6, 6.07) is 9.68. The first-order valence-corrected chi connectivity index (χ1v) is 8.64. The molecule has 2 aromatic heterocycles. The van der Waals surface area contributed by atoms with E-state index in [1.165, 1.54) is 5.56 Å². The molecule has 0 bridgehead atoms. The summed E-state index contributed by atoms with van der Waals surface area (Å²) in [5.41, 5.74) is 3.88. The fourth-order valence-corrected chi connectivity index (χ4v) is 3.23. The van der Waals surface area contributed by atoms with Crippen molar-refractivity contribution in [3.63, 3.8) is 0 Å². The summed E-state index contributed by atoms with van der Waals surface area (Å²) in [6.45, 7) is 2.83. The third kappa shape index (κ3) is 3.22. The van der Waals surface area contributed by atoms with Gasteiger partial charge in [-0.3, -0.25) is 4.79 Å². The minimum absolute atomic E-state index is 0.0216. The Bertz CT molecular complexity index is 964. The van der Waals surface area contributed by atoms with Crippen molar-refractivity contribution in [2.75, 3.05) is 13.7 Å². The van der Waals surface area contributed by atoms with Crippen molar-refractivity contribution in [3.05, 3.63) is 59.5 Å². The van der Waals surface area contributed by atoms with Gasteiger partial charge in [-0.1, -0.05) is 6.07 Å². The number of nitrogens with zero attached hydrogens (tertiary/aromatic N) is 2. The zero-order valence-corrected chi connectivity index (χ0v) is 14.9. The number of nitrogens with one attached hydrogen (secondary N) is 1. The van der Waals surface area contributed by atoms with Crippen molar-refractivity contribution in [1.29, 1.82) is 0 Å². The molecule has 1 N–H and O–H groups in total. The van der Waals surface area contributed by atoms with Gasteiger partial charge < -0.3 is 19.2 Å². The van der Waals surface area contributed by atoms with Crippen molar-refractivity contribution in [2.24, 2.45) is 5.92 Å². The molecule has 4 rings (SSSR count). The second kappa shape index (κ2) is 6.71. The Balaban J connectivity index is 1.41. The van der Waals surface area contributed by atoms with Crippen LogP contribution in [0.5, 0.6) is 11.5 Å². The summed E-state index contributed by atoms with van der Waals surface area (Å²) in [5.74, 6) is 1.36. The lowest BCUT2D eigenvalue weighted by atomic mass is 9.96. The van der Waals surface area contributed by atoms with Gasteiger partial charge >= 0.3 is 0 Å². The molecule has 0 saturated carbocycles. The maximum absolute atomic E-state index is 12.5. The second-order valence-electron chi connectivity index (χ2n) is 6.61. The van der Waals surface area contributed by atoms with Gasteiger partial charge in [-0.25, -0.2) is 4.98 Å². The number of ether oxygens (including phenoxy) is 2. The number of carbonyl (C=O) groups excluding carboxylic acids is 1. The Morgan fingerprint density at radius 3 is 3.08 bits per heavy atom. The number of methoxy groups -OCH3 is 1. The lowest BCUT2D eigenvalue weighted by Gasteiger charge is -2.24. The fraction of sp³-hybridized carbons (Fsp3) is 0.300. The number of benzene rings is 1. The van der Waals surface area contributed by atoms with Crippen LogP contribution in [0.25, 0.3) is 5.65 Å². The fourth-order valence-electron chi connectivity index (χ4n) is 3.23. The predicted octanol–water partition coefficient (Wildman–Crippen LogP) is 2.52. The van der Waals surface area contributed by atoms with E-state index in [2.05, 4.69) is 10.3 Å². The van der Waals surface area contributed by atoms with Gasteiger partial charge in [0.25, 0.3) is 0 Å². The number of imidazole rings is 1. The molecule has 6 nitrogen and oxygen atoms in total. The topological polar surface area (TPSA) is 64.9 Å². The molecule has 1 amide bonds. The minimum Gasteiger partial charge on any atom is -0.497 e. The van der Waals surface area contributed by atoms with E-state index in [4.69, 9.17) is 9.47 Å². The van der Waals surface area contributed by atoms with E-state index in [1.807, 2.05) is 54.0 Å². The Hall–Kier alpha value is -3.02. The van der Waals surface area contributed by atoms with Gasteiger partial charge in [-0.05, 0) is 48.7 Å². The quantitative estimate of drug-likeness (QED) is 0.784. The maximum atomic E-state index is 12.5. The van der Waals surface area contributed by atoms with Crippen molar-refractivity contribution in [2.45, 2.75) is 19.9 Å². The summed E-state index contributed by atoms with van der Waals surface area (Å²) in [5, 5.41) is 2.98. The van der Waals surface area contributed by atoms with Crippen LogP contribution in [0.15, 0.2) is 42.7 Å². The molecule has 0 radical (unpaired) electrons. The van der Waals surface area contributed by atoms with Crippen LogP contribution in [0.1, 0.15) is 16.8 Å². The smallest absolute Gasteiger partial charge is 0.227 e. The molecule has 1 atom stereocenters. The van der Waals surface area contributed by atoms with Gasteiger partial charge in [0.05, 0.1) is 25.3 Å². The van der Waals surface area contributed by atoms with Crippen LogP contribution in [0.3, 0.4) is 0 Å². The molecule has 1 aliphatic heterocycles. The summed E-state index contributed by atoms with van der Waals surface area (Å²) in [4.78, 5) is 17.1. The number of pyridine rings is 1. The van der Waals surface area contributed by atoms with E-state index in [0.29, 0.717) is 19.6 Å². The predicted molar refractivity (Wildman–Crippen MR) is 97.5 cm³/mol. The van der Waals surface area contributed by atoms with Crippen LogP contribution < -0.4 is 14.8 Å². The average Bonchev–Trinajstić information content (AvgIpc) is 3.07. The number of carbonyl (C=O) groups is 1. The summed E-state index contributed by atoms with van der Waals surface area (Å²) >= 11 is 0. The molecule has 0 fully saturated rings. The van der Waals surface area contributed by atoms with Gasteiger partial charge in [0.15, 0.2) is 0 Å². The highest BCUT2D eigenvalue weighted by Gasteiger charge is 2.26. The molecule has 26 heavy (non-hydrogen) atoms. The SMILES string of the molecule is COc1ccc2c(c1)C[C@@H](C(=O)NCc1cn3cc(C)ccc3n1)CO2. The van der Waals surface area contributed by atoms with Gasteiger partial charge in [0, 0.05) is 12.4 Å². The third-order valence-electron chi connectivity index (χ3n) is 4.64. The summed E-state index contributed by atoms with van der Waals surface area (Å²) < 4.78 is 13.0. The lowest BCUT2D eigenvalue weighted by molar-refractivity contribution is -0.126. The monoisotopic (exact) mass is 351 g/mol. The van der Waals surface area contributed by atoms with Crippen molar-refractivity contribution in [1.82, 2.24) is 14.7 Å². The summed E-state index contributed by atoms with van der Waals surface area (Å²) in [7, 11) is 1.63. The third-order valence-corrected chi connectivity index (χ3v) is 4.64. The first kappa shape index (κ1) is 16.4. The normalized spacial score (nSPS) is 16.0. The Kier molecular flexibility index (Phi) is 4.24. The lowest BCUT2D eigenvalue weighted by Crippen LogP contribution is -2.37. The second-order valence-corrected chi connectivity index (χ2v) is 6.61. The highest BCUT2D eigenvalue weighted by Crippen LogP contribution is 2.30. The van der Waals surface area contributed by atoms with Crippen LogP contribution in [0.2, 0.25) is 0 Å². The first-order chi connectivity index (χ1) is 12.6. The van der Waals surface area contributed by atoms with Crippen molar-refractivity contribution >= 4 is 11.6 Å². The van der Waals surface area contributed by atoms with Crippen LogP contribution in [-0.2, 0) is 17.8 Å². The molecule has 6 heteroatoms. The zero-order valence-electron chi connectivity index (χ0n) is 14.9. The molecule has 134 valence electrons. The molecule has 0 unspecified atom stereocenters. The molecule has 0 spiro atoms. The number of hydrogen-bond donors (Lipinski definition) is 1. The van der Waals surface area contributed by atoms with Crippen LogP contribution in [0, 0.1) is 12.8 Å². The Labute approximate surface area is 151 Å². The van der Waals surface area contributed by atoms with E-state index in [1.54, 1.807) is 7.11 Å². The highest BCUT2D eigenvalue weighted by molar-refractivity contribution is 5.79. The number of amides is 1. The van der Waals surface area contributed by atoms with E-state index in [9.17, 15) is 4.79 Å². The molecule has 3 aromatic rings. The van der Waals surface area contributed by atoms with Crippen molar-refractivity contribution in [3.8, 4) is 11.5 Å². The number of rotatable bonds is 4. The largest absolute Gasteiger partial charge is 0.497 e. The average molecular weight is 351 g/mol. The number of aromatic nitrogens is 2. The minimum atomic E-state index is -0.214. The molecule has 0 aliphatic carbocycles. The van der Waals surface area contributed by atoms with Gasteiger partial charge in [0.2, 0.25) is 5.91 Å². The van der Waals surface area contributed by atoms with E-state index >= 15 is 0 Å². The molecule has 0 saturated heterocycles. The highest BCUT2D eigenvalue weighted by atomic mass is 16.5. The zero-order chi connectivity index (χ0) is 18.1. The Morgan fingerprint density at radius 2 is 2.23 bits per heavy atom. The van der Waals surface area contributed by atoms with E-state index in [0.717, 1.165) is 28.4 Å². The number of hydrogen-bond acceptors (Lipinski definition) is 4. The van der Waals surface area contributed by atoms with Gasteiger partial charge in [0.1, 0.15) is 23.8 Å². The maximum Gasteiger partial charge on any atom is 0.227 e. The van der Waals surface area contributed by atoms with Crippen LogP contribution in [0.4, 0.5) is 0 Å². The van der Waals surface area contributed by atoms with Gasteiger partial charge in [-0.2, -0.15) is 0 Å². The molecule has 3 heterocycles. The van der Waals surface area contributed by atoms with E-state index < -0.39 is 0 Å². The molecule has 1 aliphatic rings. The standard InChI is InChI=1S/C20H21N3O3/c1-13-3-6-19-22-16(11-23(19)10-13)9-21-20(24)15-7-14-8-17(25-2)4-5-18(14)26-12-15/h3-6,8,10-11,15H,7,9,12H2,1-2H3,(H,21,24)/t15-/m1/s1. The number of fused-ring (bicyclic) bond motifs is 2. The van der Waals surface area contributed by atoms with Crippen LogP contribution >= 0.6 is 0 Å². The summed E-state index contributed by atoms with van der Waals surface area (Å²) in [6.07, 6.45) is 4.61. The molecular formula is C20H21N3O3. The Morgan fingerprint density at radius 1 is 1.35 bits per heavy atom. The first-order valence-electron chi connectivity index (χ1n) is 8.64. The van der Waals surface area contributed by atoms with Gasteiger partial charge in [-0.15, -0.1) is 0 Å². The van der Waals surface area contributed by atoms with E-state index in [-0.39, 0.29) is 11.8 Å². The van der Waals surface area contributed by atoms with Crippen LogP contribution in [-0.4, -0.2) is 29.0 Å². The molecular weight excluding hydrogens is 330 g/mol. The molecule has 1 aromatic carbocycles.